The Bertz CT molecular complexity index is 759. The van der Waals surface area contributed by atoms with E-state index in [0.29, 0.717) is 31.0 Å². The van der Waals surface area contributed by atoms with Crippen LogP contribution in [-0.2, 0) is 13.0 Å². The molecule has 2 amide bonds. The number of aromatic amines is 1. The van der Waals surface area contributed by atoms with Gasteiger partial charge in [0.25, 0.3) is 11.8 Å². The molecular weight excluding hydrogens is 320 g/mol. The quantitative estimate of drug-likeness (QED) is 0.895. The molecule has 2 aromatic rings. The first kappa shape index (κ1) is 15.9. The van der Waals surface area contributed by atoms with Gasteiger partial charge in [0, 0.05) is 30.3 Å². The van der Waals surface area contributed by atoms with Crippen LogP contribution in [0.25, 0.3) is 0 Å². The third-order valence-corrected chi connectivity index (χ3v) is 5.11. The van der Waals surface area contributed by atoms with Gasteiger partial charge in [0.05, 0.1) is 12.8 Å². The number of furan rings is 1. The molecule has 7 heteroatoms. The summed E-state index contributed by atoms with van der Waals surface area (Å²) in [7, 11) is 0. The number of H-pyrrole nitrogens is 1. The van der Waals surface area contributed by atoms with E-state index in [-0.39, 0.29) is 17.9 Å². The molecule has 4 rings (SSSR count). The lowest BCUT2D eigenvalue weighted by atomic mass is 9.95. The number of carbonyl (C=O) groups excluding carboxylic acids is 2. The maximum absolute atomic E-state index is 12.6. The van der Waals surface area contributed by atoms with Crippen LogP contribution >= 0.6 is 0 Å². The van der Waals surface area contributed by atoms with Gasteiger partial charge in [0.15, 0.2) is 11.5 Å². The second kappa shape index (κ2) is 6.74. The molecule has 25 heavy (non-hydrogen) atoms. The van der Waals surface area contributed by atoms with Crippen molar-refractivity contribution in [2.45, 2.75) is 51.1 Å². The number of nitrogens with zero attached hydrogens (tertiary/aromatic N) is 2. The summed E-state index contributed by atoms with van der Waals surface area (Å²) < 4.78 is 5.20. The molecule has 1 saturated carbocycles. The number of carbonyl (C=O) groups is 2. The Morgan fingerprint density at radius 3 is 2.88 bits per heavy atom. The number of fused-ring (bicyclic) bond motifs is 1. The van der Waals surface area contributed by atoms with E-state index in [0.717, 1.165) is 36.9 Å². The van der Waals surface area contributed by atoms with E-state index in [1.54, 1.807) is 17.0 Å². The van der Waals surface area contributed by atoms with Crippen molar-refractivity contribution in [3.63, 3.8) is 0 Å². The highest BCUT2D eigenvalue weighted by Gasteiger charge is 2.30. The molecule has 2 N–H and O–H groups in total. The van der Waals surface area contributed by atoms with Crippen molar-refractivity contribution in [3.05, 3.63) is 41.1 Å². The van der Waals surface area contributed by atoms with Crippen LogP contribution in [0.5, 0.6) is 0 Å². The van der Waals surface area contributed by atoms with Crippen LogP contribution in [0, 0.1) is 0 Å². The summed E-state index contributed by atoms with van der Waals surface area (Å²) in [5.74, 6) is 0.0207. The summed E-state index contributed by atoms with van der Waals surface area (Å²) in [5.41, 5.74) is 2.18. The van der Waals surface area contributed by atoms with Crippen LogP contribution in [-0.4, -0.2) is 39.5 Å². The van der Waals surface area contributed by atoms with Gasteiger partial charge in [0.1, 0.15) is 0 Å². The van der Waals surface area contributed by atoms with Crippen molar-refractivity contribution in [1.82, 2.24) is 20.4 Å². The van der Waals surface area contributed by atoms with E-state index in [9.17, 15) is 9.59 Å². The third-order valence-electron chi connectivity index (χ3n) is 5.11. The zero-order chi connectivity index (χ0) is 17.2. The number of nitrogens with one attached hydrogen (secondary N) is 2. The summed E-state index contributed by atoms with van der Waals surface area (Å²) in [4.78, 5) is 26.8. The fourth-order valence-electron chi connectivity index (χ4n) is 3.71. The molecule has 3 heterocycles. The zero-order valence-electron chi connectivity index (χ0n) is 14.1. The lowest BCUT2D eigenvalue weighted by Crippen LogP contribution is -2.39. The first-order valence-corrected chi connectivity index (χ1v) is 8.92. The molecule has 0 radical (unpaired) electrons. The van der Waals surface area contributed by atoms with Gasteiger partial charge >= 0.3 is 0 Å². The minimum Gasteiger partial charge on any atom is -0.459 e. The molecule has 2 aromatic heterocycles. The standard InChI is InChI=1S/C18H22N4O3/c23-17(19-12-5-2-1-3-6-12)16-13-11-22(9-8-14(13)20-21-16)18(24)15-7-4-10-25-15/h4,7,10,12H,1-3,5-6,8-9,11H2,(H,19,23)(H,20,21). The first-order valence-electron chi connectivity index (χ1n) is 8.92. The van der Waals surface area contributed by atoms with E-state index in [1.165, 1.54) is 12.7 Å². The SMILES string of the molecule is O=C(NC1CCCCC1)c1n[nH]c2c1CN(C(=O)c1ccco1)CC2. The Hall–Kier alpha value is -2.57. The Morgan fingerprint density at radius 2 is 2.12 bits per heavy atom. The fourth-order valence-corrected chi connectivity index (χ4v) is 3.71. The zero-order valence-corrected chi connectivity index (χ0v) is 14.1. The summed E-state index contributed by atoms with van der Waals surface area (Å²) in [6.45, 7) is 0.956. The van der Waals surface area contributed by atoms with Crippen molar-refractivity contribution in [2.24, 2.45) is 0 Å². The first-order chi connectivity index (χ1) is 12.2. The van der Waals surface area contributed by atoms with Gasteiger partial charge in [-0.15, -0.1) is 0 Å². The van der Waals surface area contributed by atoms with Gasteiger partial charge in [-0.25, -0.2) is 0 Å². The van der Waals surface area contributed by atoms with Crippen molar-refractivity contribution in [3.8, 4) is 0 Å². The topological polar surface area (TPSA) is 91.2 Å². The summed E-state index contributed by atoms with van der Waals surface area (Å²) >= 11 is 0. The van der Waals surface area contributed by atoms with Gasteiger partial charge < -0.3 is 14.6 Å². The Labute approximate surface area is 145 Å². The smallest absolute Gasteiger partial charge is 0.289 e. The molecule has 2 aliphatic rings. The molecule has 1 fully saturated rings. The van der Waals surface area contributed by atoms with Gasteiger partial charge in [-0.05, 0) is 25.0 Å². The molecule has 7 nitrogen and oxygen atoms in total. The van der Waals surface area contributed by atoms with E-state index in [2.05, 4.69) is 15.5 Å². The van der Waals surface area contributed by atoms with Crippen molar-refractivity contribution >= 4 is 11.8 Å². The van der Waals surface area contributed by atoms with Gasteiger partial charge in [-0.2, -0.15) is 5.10 Å². The fraction of sp³-hybridized carbons (Fsp3) is 0.500. The molecule has 0 aromatic carbocycles. The van der Waals surface area contributed by atoms with E-state index in [1.807, 2.05) is 0 Å². The monoisotopic (exact) mass is 342 g/mol. The number of hydrogen-bond donors (Lipinski definition) is 2. The van der Waals surface area contributed by atoms with Crippen LogP contribution in [0.15, 0.2) is 22.8 Å². The van der Waals surface area contributed by atoms with Crippen LogP contribution in [0.1, 0.15) is 64.4 Å². The second-order valence-corrected chi connectivity index (χ2v) is 6.79. The van der Waals surface area contributed by atoms with Crippen LogP contribution in [0.4, 0.5) is 0 Å². The molecule has 0 saturated heterocycles. The Balaban J connectivity index is 1.49. The largest absolute Gasteiger partial charge is 0.459 e. The van der Waals surface area contributed by atoms with Crippen LogP contribution < -0.4 is 5.32 Å². The second-order valence-electron chi connectivity index (χ2n) is 6.79. The van der Waals surface area contributed by atoms with Crippen molar-refractivity contribution in [2.75, 3.05) is 6.54 Å². The molecular formula is C18H22N4O3. The van der Waals surface area contributed by atoms with Gasteiger partial charge in [-0.1, -0.05) is 19.3 Å². The highest BCUT2D eigenvalue weighted by molar-refractivity contribution is 5.95. The maximum atomic E-state index is 12.6. The molecule has 0 unspecified atom stereocenters. The molecule has 132 valence electrons. The predicted molar refractivity (Wildman–Crippen MR) is 90.1 cm³/mol. The van der Waals surface area contributed by atoms with E-state index < -0.39 is 0 Å². The number of amides is 2. The molecule has 1 aliphatic heterocycles. The van der Waals surface area contributed by atoms with Gasteiger partial charge in [-0.3, -0.25) is 14.7 Å². The average Bonchev–Trinajstić information content (AvgIpc) is 3.31. The average molecular weight is 342 g/mol. The summed E-state index contributed by atoms with van der Waals surface area (Å²) in [6.07, 6.45) is 7.77. The number of hydrogen-bond acceptors (Lipinski definition) is 4. The predicted octanol–water partition coefficient (Wildman–Crippen LogP) is 2.26. The van der Waals surface area contributed by atoms with Crippen LogP contribution in [0.3, 0.4) is 0 Å². The van der Waals surface area contributed by atoms with Crippen molar-refractivity contribution in [1.29, 1.82) is 0 Å². The Morgan fingerprint density at radius 1 is 1.28 bits per heavy atom. The lowest BCUT2D eigenvalue weighted by molar-refractivity contribution is 0.0699. The molecule has 0 spiro atoms. The van der Waals surface area contributed by atoms with Gasteiger partial charge in [0.2, 0.25) is 0 Å². The summed E-state index contributed by atoms with van der Waals surface area (Å²) in [6, 6.07) is 3.59. The van der Waals surface area contributed by atoms with E-state index >= 15 is 0 Å². The molecule has 0 bridgehead atoms. The number of aromatic nitrogens is 2. The minimum atomic E-state index is -0.157. The molecule has 0 atom stereocenters. The van der Waals surface area contributed by atoms with Crippen LogP contribution in [0.2, 0.25) is 0 Å². The normalized spacial score (nSPS) is 18.0. The Kier molecular flexibility index (Phi) is 4.29. The molecule has 1 aliphatic carbocycles. The maximum Gasteiger partial charge on any atom is 0.289 e. The minimum absolute atomic E-state index is 0.142. The summed E-state index contributed by atoms with van der Waals surface area (Å²) in [5, 5.41) is 10.3. The third kappa shape index (κ3) is 3.18. The van der Waals surface area contributed by atoms with Crippen molar-refractivity contribution < 1.29 is 14.0 Å². The lowest BCUT2D eigenvalue weighted by Gasteiger charge is -2.27. The number of rotatable bonds is 3. The van der Waals surface area contributed by atoms with E-state index in [4.69, 9.17) is 4.42 Å². The highest BCUT2D eigenvalue weighted by Crippen LogP contribution is 2.23. The highest BCUT2D eigenvalue weighted by atomic mass is 16.3.